The number of hydrogen-bond donors (Lipinski definition) is 2. The molecular weight excluding hydrogens is 344 g/mol. The number of thiophene rings is 1. The predicted octanol–water partition coefficient (Wildman–Crippen LogP) is 4.19. The van der Waals surface area contributed by atoms with Crippen LogP contribution in [0.4, 0.5) is 0 Å². The highest BCUT2D eigenvalue weighted by molar-refractivity contribution is 7.13. The van der Waals surface area contributed by atoms with Crippen molar-refractivity contribution in [3.63, 3.8) is 0 Å². The molecule has 0 radical (unpaired) electrons. The summed E-state index contributed by atoms with van der Waals surface area (Å²) in [6, 6.07) is 4.05. The minimum atomic E-state index is 0.0596. The van der Waals surface area contributed by atoms with Crippen molar-refractivity contribution in [2.24, 2.45) is 28.3 Å². The lowest BCUT2D eigenvalue weighted by atomic mass is 9.49. The van der Waals surface area contributed by atoms with E-state index in [-0.39, 0.29) is 11.3 Å². The summed E-state index contributed by atoms with van der Waals surface area (Å²) < 4.78 is 0. The monoisotopic (exact) mass is 368 g/mol. The van der Waals surface area contributed by atoms with Crippen LogP contribution < -0.4 is 5.43 Å². The number of nitrogens with one attached hydrogen (secondary N) is 2. The van der Waals surface area contributed by atoms with Crippen molar-refractivity contribution in [3.05, 3.63) is 29.3 Å². The van der Waals surface area contributed by atoms with Gasteiger partial charge in [-0.3, -0.25) is 9.89 Å². The zero-order valence-corrected chi connectivity index (χ0v) is 15.6. The third-order valence-electron chi connectivity index (χ3n) is 6.53. The van der Waals surface area contributed by atoms with Gasteiger partial charge in [-0.05, 0) is 73.1 Å². The topological polar surface area (TPSA) is 70.1 Å². The summed E-state index contributed by atoms with van der Waals surface area (Å²) in [7, 11) is 0. The van der Waals surface area contributed by atoms with Gasteiger partial charge >= 0.3 is 0 Å². The van der Waals surface area contributed by atoms with Gasteiger partial charge in [0.15, 0.2) is 0 Å². The standard InChI is InChI=1S/C20H24N4OS/c25-18(10-20-7-13-4-14(8-20)6-15(5-13)9-20)23-21-11-16-12-22-24-19(16)17-2-1-3-26-17/h1-3,11-15H,4-10H2,(H,22,24)(H,23,25)/b21-11+. The van der Waals surface area contributed by atoms with Crippen LogP contribution in [0.5, 0.6) is 0 Å². The molecule has 0 aromatic carbocycles. The molecule has 4 aliphatic rings. The van der Waals surface area contributed by atoms with Crippen LogP contribution in [-0.2, 0) is 4.79 Å². The van der Waals surface area contributed by atoms with Crippen LogP contribution in [0, 0.1) is 23.2 Å². The summed E-state index contributed by atoms with van der Waals surface area (Å²) in [6.07, 6.45) is 12.0. The number of hydrazone groups is 1. The Kier molecular flexibility index (Phi) is 3.96. The molecule has 0 aliphatic heterocycles. The van der Waals surface area contributed by atoms with Crippen molar-refractivity contribution >= 4 is 23.5 Å². The summed E-state index contributed by atoms with van der Waals surface area (Å²) in [4.78, 5) is 13.6. The number of aromatic nitrogens is 2. The van der Waals surface area contributed by atoms with Gasteiger partial charge < -0.3 is 0 Å². The van der Waals surface area contributed by atoms with E-state index in [1.165, 1.54) is 38.5 Å². The molecular formula is C20H24N4OS. The van der Waals surface area contributed by atoms with Gasteiger partial charge in [0.2, 0.25) is 5.91 Å². The molecule has 4 bridgehead atoms. The molecule has 0 spiro atoms. The Morgan fingerprint density at radius 1 is 1.31 bits per heavy atom. The molecule has 6 heteroatoms. The molecule has 2 aromatic rings. The SMILES string of the molecule is O=C(CC12CC3CC(CC(C3)C1)C2)N/N=C/c1cn[nH]c1-c1cccs1. The van der Waals surface area contributed by atoms with E-state index >= 15 is 0 Å². The number of aromatic amines is 1. The van der Waals surface area contributed by atoms with Crippen molar-refractivity contribution in [2.75, 3.05) is 0 Å². The molecule has 4 aliphatic carbocycles. The molecule has 2 heterocycles. The van der Waals surface area contributed by atoms with Gasteiger partial charge in [-0.2, -0.15) is 10.2 Å². The molecule has 136 valence electrons. The largest absolute Gasteiger partial charge is 0.276 e. The number of carbonyl (C=O) groups excluding carboxylic acids is 1. The van der Waals surface area contributed by atoms with Crippen molar-refractivity contribution < 1.29 is 4.79 Å². The Morgan fingerprint density at radius 2 is 2.04 bits per heavy atom. The van der Waals surface area contributed by atoms with Crippen LogP contribution in [-0.4, -0.2) is 22.3 Å². The van der Waals surface area contributed by atoms with E-state index in [4.69, 9.17) is 0 Å². The summed E-state index contributed by atoms with van der Waals surface area (Å²) in [6.45, 7) is 0. The van der Waals surface area contributed by atoms with Crippen LogP contribution in [0.15, 0.2) is 28.8 Å². The second kappa shape index (κ2) is 6.34. The highest BCUT2D eigenvalue weighted by Crippen LogP contribution is 2.61. The quantitative estimate of drug-likeness (QED) is 0.613. The molecule has 4 fully saturated rings. The van der Waals surface area contributed by atoms with E-state index in [2.05, 4.69) is 20.7 Å². The molecule has 4 saturated carbocycles. The lowest BCUT2D eigenvalue weighted by Crippen LogP contribution is -2.47. The molecule has 0 unspecified atom stereocenters. The molecule has 0 atom stereocenters. The number of carbonyl (C=O) groups is 1. The average Bonchev–Trinajstić information content (AvgIpc) is 3.23. The van der Waals surface area contributed by atoms with Crippen LogP contribution in [0.3, 0.4) is 0 Å². The van der Waals surface area contributed by atoms with Gasteiger partial charge in [0.1, 0.15) is 0 Å². The molecule has 0 saturated heterocycles. The Labute approximate surface area is 157 Å². The van der Waals surface area contributed by atoms with Gasteiger partial charge in [-0.15, -0.1) is 11.3 Å². The third-order valence-corrected chi connectivity index (χ3v) is 7.42. The average molecular weight is 369 g/mol. The fourth-order valence-electron chi connectivity index (χ4n) is 6.07. The maximum atomic E-state index is 12.5. The number of H-pyrrole nitrogens is 1. The minimum absolute atomic E-state index is 0.0596. The normalized spacial score (nSPS) is 32.4. The van der Waals surface area contributed by atoms with Crippen LogP contribution in [0.1, 0.15) is 50.5 Å². The molecule has 1 amide bonds. The van der Waals surface area contributed by atoms with Crippen molar-refractivity contribution in [1.29, 1.82) is 0 Å². The van der Waals surface area contributed by atoms with E-state index in [0.29, 0.717) is 6.42 Å². The first kappa shape index (κ1) is 16.2. The zero-order chi connectivity index (χ0) is 17.6. The number of nitrogens with zero attached hydrogens (tertiary/aromatic N) is 2. The molecule has 5 nitrogen and oxygen atoms in total. The first-order valence-corrected chi connectivity index (χ1v) is 10.5. The van der Waals surface area contributed by atoms with Gasteiger partial charge in [-0.1, -0.05) is 6.07 Å². The van der Waals surface area contributed by atoms with Gasteiger partial charge in [0.05, 0.1) is 23.0 Å². The summed E-state index contributed by atoms with van der Waals surface area (Å²) in [5.41, 5.74) is 4.85. The smallest absolute Gasteiger partial charge is 0.240 e. The summed E-state index contributed by atoms with van der Waals surface area (Å²) in [5, 5.41) is 13.3. The second-order valence-electron chi connectivity index (χ2n) is 8.57. The maximum absolute atomic E-state index is 12.5. The minimum Gasteiger partial charge on any atom is -0.276 e. The fourth-order valence-corrected chi connectivity index (χ4v) is 6.81. The van der Waals surface area contributed by atoms with E-state index in [0.717, 1.165) is 33.9 Å². The lowest BCUT2D eigenvalue weighted by Gasteiger charge is -2.56. The van der Waals surface area contributed by atoms with Crippen molar-refractivity contribution in [2.45, 2.75) is 44.9 Å². The summed E-state index contributed by atoms with van der Waals surface area (Å²) >= 11 is 1.65. The summed E-state index contributed by atoms with van der Waals surface area (Å²) in [5.74, 6) is 2.68. The molecule has 6 rings (SSSR count). The van der Waals surface area contributed by atoms with Crippen LogP contribution in [0.2, 0.25) is 0 Å². The maximum Gasteiger partial charge on any atom is 0.240 e. The lowest BCUT2D eigenvalue weighted by molar-refractivity contribution is -0.129. The van der Waals surface area contributed by atoms with Gasteiger partial charge in [-0.25, -0.2) is 5.43 Å². The molecule has 2 N–H and O–H groups in total. The van der Waals surface area contributed by atoms with Crippen molar-refractivity contribution in [1.82, 2.24) is 15.6 Å². The first-order valence-electron chi connectivity index (χ1n) is 9.58. The predicted molar refractivity (Wildman–Crippen MR) is 103 cm³/mol. The first-order chi connectivity index (χ1) is 12.7. The van der Waals surface area contributed by atoms with Crippen molar-refractivity contribution in [3.8, 4) is 10.6 Å². The Bertz CT molecular complexity index is 787. The molecule has 26 heavy (non-hydrogen) atoms. The van der Waals surface area contributed by atoms with E-state index < -0.39 is 0 Å². The van der Waals surface area contributed by atoms with Crippen LogP contribution in [0.25, 0.3) is 10.6 Å². The highest BCUT2D eigenvalue weighted by Gasteiger charge is 2.51. The Hall–Kier alpha value is -1.95. The fraction of sp³-hybridized carbons (Fsp3) is 0.550. The van der Waals surface area contributed by atoms with E-state index in [1.54, 1.807) is 23.7 Å². The second-order valence-corrected chi connectivity index (χ2v) is 9.51. The zero-order valence-electron chi connectivity index (χ0n) is 14.8. The van der Waals surface area contributed by atoms with E-state index in [9.17, 15) is 4.79 Å². The Morgan fingerprint density at radius 3 is 2.69 bits per heavy atom. The molecule has 2 aromatic heterocycles. The third kappa shape index (κ3) is 3.00. The Balaban J connectivity index is 1.22. The van der Waals surface area contributed by atoms with Crippen LogP contribution >= 0.6 is 11.3 Å². The number of amides is 1. The van der Waals surface area contributed by atoms with Gasteiger partial charge in [0.25, 0.3) is 0 Å². The highest BCUT2D eigenvalue weighted by atomic mass is 32.1. The number of hydrogen-bond acceptors (Lipinski definition) is 4. The van der Waals surface area contributed by atoms with Gasteiger partial charge in [0, 0.05) is 12.0 Å². The van der Waals surface area contributed by atoms with E-state index in [1.807, 2.05) is 17.5 Å². The number of rotatable bonds is 5.